The molecule has 0 aliphatic heterocycles. The van der Waals surface area contributed by atoms with E-state index >= 15 is 0 Å². The summed E-state index contributed by atoms with van der Waals surface area (Å²) in [5.41, 5.74) is 1.02. The number of benzene rings is 1. The second-order valence-electron chi connectivity index (χ2n) is 6.41. The number of nitrogens with one attached hydrogen (secondary N) is 2. The van der Waals surface area contributed by atoms with Crippen LogP contribution in [0.25, 0.3) is 0 Å². The Balaban J connectivity index is 1.63. The molecular formula is C18H17F3N4O3. The van der Waals surface area contributed by atoms with Gasteiger partial charge in [0.2, 0.25) is 11.9 Å². The number of anilines is 1. The predicted molar refractivity (Wildman–Crippen MR) is 92.4 cm³/mol. The van der Waals surface area contributed by atoms with Crippen molar-refractivity contribution in [2.45, 2.75) is 32.7 Å². The number of aromatic nitrogens is 2. The maximum absolute atomic E-state index is 12.4. The first-order valence-electron chi connectivity index (χ1n) is 8.48. The Bertz CT molecular complexity index is 898. The molecule has 0 saturated heterocycles. The molecule has 1 aliphatic rings. The number of carbonyl (C=O) groups is 2. The van der Waals surface area contributed by atoms with Gasteiger partial charge in [-0.3, -0.25) is 14.9 Å². The summed E-state index contributed by atoms with van der Waals surface area (Å²) < 4.78 is 41.1. The highest BCUT2D eigenvalue weighted by Crippen LogP contribution is 2.29. The van der Waals surface area contributed by atoms with Crippen LogP contribution in [0, 0.1) is 12.8 Å². The number of ether oxygens (including phenoxy) is 1. The zero-order chi connectivity index (χ0) is 20.3. The third-order valence-electron chi connectivity index (χ3n) is 3.87. The van der Waals surface area contributed by atoms with E-state index in [-0.39, 0.29) is 35.8 Å². The van der Waals surface area contributed by atoms with Gasteiger partial charge >= 0.3 is 6.36 Å². The molecule has 0 spiro atoms. The first-order valence-corrected chi connectivity index (χ1v) is 8.48. The molecule has 1 aromatic heterocycles. The minimum Gasteiger partial charge on any atom is -0.406 e. The van der Waals surface area contributed by atoms with Crippen LogP contribution >= 0.6 is 0 Å². The fourth-order valence-corrected chi connectivity index (χ4v) is 2.50. The number of amides is 2. The monoisotopic (exact) mass is 394 g/mol. The van der Waals surface area contributed by atoms with Gasteiger partial charge in [-0.25, -0.2) is 9.97 Å². The summed E-state index contributed by atoms with van der Waals surface area (Å²) in [5, 5.41) is 5.11. The second kappa shape index (κ2) is 7.83. The molecule has 28 heavy (non-hydrogen) atoms. The van der Waals surface area contributed by atoms with Crippen molar-refractivity contribution in [3.63, 3.8) is 0 Å². The van der Waals surface area contributed by atoms with Gasteiger partial charge in [-0.15, -0.1) is 13.2 Å². The fraction of sp³-hybridized carbons (Fsp3) is 0.333. The van der Waals surface area contributed by atoms with Crippen LogP contribution in [0.15, 0.2) is 30.5 Å². The van der Waals surface area contributed by atoms with Crippen molar-refractivity contribution in [1.82, 2.24) is 15.3 Å². The van der Waals surface area contributed by atoms with Crippen LogP contribution in [0.5, 0.6) is 5.75 Å². The molecule has 1 heterocycles. The summed E-state index contributed by atoms with van der Waals surface area (Å²) in [7, 11) is 0. The smallest absolute Gasteiger partial charge is 0.406 e. The summed E-state index contributed by atoms with van der Waals surface area (Å²) >= 11 is 0. The number of rotatable bonds is 6. The summed E-state index contributed by atoms with van der Waals surface area (Å²) in [6.07, 6.45) is -1.81. The van der Waals surface area contributed by atoms with E-state index in [1.807, 2.05) is 0 Å². The van der Waals surface area contributed by atoms with Crippen LogP contribution in [0.3, 0.4) is 0 Å². The number of halogens is 3. The van der Waals surface area contributed by atoms with E-state index in [4.69, 9.17) is 0 Å². The summed E-state index contributed by atoms with van der Waals surface area (Å²) in [4.78, 5) is 31.9. The number of hydrogen-bond donors (Lipinski definition) is 2. The molecular weight excluding hydrogens is 377 g/mol. The van der Waals surface area contributed by atoms with Crippen LogP contribution in [-0.2, 0) is 11.3 Å². The van der Waals surface area contributed by atoms with Gasteiger partial charge in [0.1, 0.15) is 11.4 Å². The Morgan fingerprint density at radius 1 is 1.25 bits per heavy atom. The third kappa shape index (κ3) is 5.66. The van der Waals surface area contributed by atoms with Gasteiger partial charge in [0.05, 0.1) is 0 Å². The maximum Gasteiger partial charge on any atom is 0.573 e. The van der Waals surface area contributed by atoms with Gasteiger partial charge in [-0.05, 0) is 49.1 Å². The molecule has 1 aromatic carbocycles. The highest BCUT2D eigenvalue weighted by Gasteiger charge is 2.31. The van der Waals surface area contributed by atoms with E-state index in [1.54, 1.807) is 13.0 Å². The van der Waals surface area contributed by atoms with Crippen molar-refractivity contribution >= 4 is 17.8 Å². The van der Waals surface area contributed by atoms with Crippen LogP contribution < -0.4 is 15.4 Å². The van der Waals surface area contributed by atoms with Crippen LogP contribution in [0.1, 0.15) is 34.5 Å². The van der Waals surface area contributed by atoms with Crippen LogP contribution in [0.2, 0.25) is 0 Å². The molecule has 0 bridgehead atoms. The Hall–Kier alpha value is -3.17. The van der Waals surface area contributed by atoms with Gasteiger partial charge in [0, 0.05) is 18.7 Å². The van der Waals surface area contributed by atoms with Gasteiger partial charge < -0.3 is 10.1 Å². The molecule has 10 heteroatoms. The summed E-state index contributed by atoms with van der Waals surface area (Å²) in [5.74, 6) is -1.10. The van der Waals surface area contributed by atoms with E-state index in [1.165, 1.54) is 24.4 Å². The minimum absolute atomic E-state index is 0.0253. The Kier molecular flexibility index (Phi) is 5.48. The highest BCUT2D eigenvalue weighted by molar-refractivity contribution is 5.94. The molecule has 2 amide bonds. The van der Waals surface area contributed by atoms with Crippen molar-refractivity contribution in [3.05, 3.63) is 47.3 Å². The standard InChI is InChI=1S/C18H17F3N4O3/c1-10-6-11(8-13(7-10)28-18(19,20)21)9-23-16(27)14-4-5-22-17(24-14)25-15(26)12-2-3-12/h4-8,12H,2-3,9H2,1H3,(H,23,27)(H,22,24,25,26). The number of carbonyl (C=O) groups excluding carboxylic acids is 2. The molecule has 2 N–H and O–H groups in total. The lowest BCUT2D eigenvalue weighted by atomic mass is 10.1. The Morgan fingerprint density at radius 2 is 2.00 bits per heavy atom. The molecule has 148 valence electrons. The van der Waals surface area contributed by atoms with Crippen molar-refractivity contribution in [3.8, 4) is 5.75 Å². The number of alkyl halides is 3. The molecule has 7 nitrogen and oxygen atoms in total. The average molecular weight is 394 g/mol. The predicted octanol–water partition coefficient (Wildman–Crippen LogP) is 2.96. The average Bonchev–Trinajstić information content (AvgIpc) is 3.43. The van der Waals surface area contributed by atoms with Crippen molar-refractivity contribution in [2.75, 3.05) is 5.32 Å². The van der Waals surface area contributed by atoms with Crippen molar-refractivity contribution in [1.29, 1.82) is 0 Å². The lowest BCUT2D eigenvalue weighted by Crippen LogP contribution is -2.25. The quantitative estimate of drug-likeness (QED) is 0.786. The zero-order valence-electron chi connectivity index (χ0n) is 14.8. The maximum atomic E-state index is 12.4. The minimum atomic E-state index is -4.80. The third-order valence-corrected chi connectivity index (χ3v) is 3.87. The molecule has 1 fully saturated rings. The van der Waals surface area contributed by atoms with Crippen molar-refractivity contribution < 1.29 is 27.5 Å². The number of nitrogens with zero attached hydrogens (tertiary/aromatic N) is 2. The van der Waals surface area contributed by atoms with Gasteiger partial charge in [0.25, 0.3) is 5.91 Å². The normalized spacial score (nSPS) is 13.7. The highest BCUT2D eigenvalue weighted by atomic mass is 19.4. The molecule has 0 unspecified atom stereocenters. The van der Waals surface area contributed by atoms with Gasteiger partial charge in [-0.2, -0.15) is 0 Å². The van der Waals surface area contributed by atoms with E-state index < -0.39 is 12.3 Å². The van der Waals surface area contributed by atoms with Gasteiger partial charge in [-0.1, -0.05) is 6.07 Å². The molecule has 0 radical (unpaired) electrons. The number of hydrogen-bond acceptors (Lipinski definition) is 5. The Labute approximate surface area is 158 Å². The largest absolute Gasteiger partial charge is 0.573 e. The topological polar surface area (TPSA) is 93.2 Å². The van der Waals surface area contributed by atoms with Gasteiger partial charge in [0.15, 0.2) is 0 Å². The summed E-state index contributed by atoms with van der Waals surface area (Å²) in [6.45, 7) is 1.59. The molecule has 0 atom stereocenters. The molecule has 2 aromatic rings. The van der Waals surface area contributed by atoms with Crippen molar-refractivity contribution in [2.24, 2.45) is 5.92 Å². The van der Waals surface area contributed by atoms with Crippen LogP contribution in [-0.4, -0.2) is 28.1 Å². The van der Waals surface area contributed by atoms with Crippen LogP contribution in [0.4, 0.5) is 19.1 Å². The van der Waals surface area contributed by atoms with E-state index in [0.29, 0.717) is 11.1 Å². The SMILES string of the molecule is Cc1cc(CNC(=O)c2ccnc(NC(=O)C3CC3)n2)cc(OC(F)(F)F)c1. The molecule has 1 saturated carbocycles. The molecule has 1 aliphatic carbocycles. The number of aryl methyl sites for hydroxylation is 1. The first kappa shape index (κ1) is 19.6. The van der Waals surface area contributed by atoms with E-state index in [0.717, 1.165) is 12.8 Å². The lowest BCUT2D eigenvalue weighted by molar-refractivity contribution is -0.274. The fourth-order valence-electron chi connectivity index (χ4n) is 2.50. The summed E-state index contributed by atoms with van der Waals surface area (Å²) in [6, 6.07) is 5.45. The van der Waals surface area contributed by atoms with E-state index in [2.05, 4.69) is 25.3 Å². The first-order chi connectivity index (χ1) is 13.2. The molecule has 3 rings (SSSR count). The second-order valence-corrected chi connectivity index (χ2v) is 6.41. The Morgan fingerprint density at radius 3 is 2.68 bits per heavy atom. The van der Waals surface area contributed by atoms with E-state index in [9.17, 15) is 22.8 Å². The lowest BCUT2D eigenvalue weighted by Gasteiger charge is -2.12. The zero-order valence-corrected chi connectivity index (χ0v) is 14.8.